The first-order valence-electron chi connectivity index (χ1n) is 9.96. The smallest absolute Gasteiger partial charge is 0.257 e. The molecular weight excluding hydrogens is 491 g/mol. The van der Waals surface area contributed by atoms with Gasteiger partial charge >= 0.3 is 0 Å². The fourth-order valence-electron chi connectivity index (χ4n) is 2.99. The molecule has 1 amide bonds. The molecule has 0 aliphatic rings. The van der Waals surface area contributed by atoms with E-state index in [4.69, 9.17) is 23.2 Å². The van der Waals surface area contributed by atoms with Crippen molar-refractivity contribution in [1.82, 2.24) is 14.5 Å². The van der Waals surface area contributed by atoms with Crippen molar-refractivity contribution in [2.75, 3.05) is 18.4 Å². The highest BCUT2D eigenvalue weighted by Crippen LogP contribution is 2.33. The molecule has 0 fully saturated rings. The lowest BCUT2D eigenvalue weighted by Crippen LogP contribution is -2.32. The zero-order valence-corrected chi connectivity index (χ0v) is 20.7. The van der Waals surface area contributed by atoms with E-state index in [9.17, 15) is 13.2 Å². The van der Waals surface area contributed by atoms with Crippen molar-refractivity contribution >= 4 is 55.6 Å². The Kier molecular flexibility index (Phi) is 8.24. The van der Waals surface area contributed by atoms with Crippen molar-refractivity contribution in [3.05, 3.63) is 58.1 Å². The summed E-state index contributed by atoms with van der Waals surface area (Å²) in [5.74, 6) is -0.419. The number of hydrogen-bond donors (Lipinski definition) is 1. The Morgan fingerprint density at radius 2 is 1.69 bits per heavy atom. The Labute approximate surface area is 201 Å². The lowest BCUT2D eigenvalue weighted by molar-refractivity contribution is 0.102. The number of amides is 1. The number of nitrogens with one attached hydrogen (secondary N) is 1. The van der Waals surface area contributed by atoms with Crippen LogP contribution in [-0.2, 0) is 10.0 Å². The van der Waals surface area contributed by atoms with Gasteiger partial charge in [-0.25, -0.2) is 8.42 Å². The van der Waals surface area contributed by atoms with Crippen molar-refractivity contribution in [1.29, 1.82) is 0 Å². The maximum Gasteiger partial charge on any atom is 0.257 e. The molecule has 0 radical (unpaired) electrons. The minimum atomic E-state index is -3.60. The molecule has 0 saturated heterocycles. The number of anilines is 1. The Bertz CT molecular complexity index is 1190. The van der Waals surface area contributed by atoms with Gasteiger partial charge < -0.3 is 0 Å². The van der Waals surface area contributed by atoms with Crippen LogP contribution in [0.3, 0.4) is 0 Å². The van der Waals surface area contributed by atoms with Gasteiger partial charge in [-0.2, -0.15) is 4.31 Å². The van der Waals surface area contributed by atoms with Gasteiger partial charge in [-0.15, -0.1) is 10.2 Å². The zero-order chi connectivity index (χ0) is 23.3. The molecule has 170 valence electrons. The molecule has 11 heteroatoms. The summed E-state index contributed by atoms with van der Waals surface area (Å²) in [5, 5.41) is 12.5. The van der Waals surface area contributed by atoms with Crippen molar-refractivity contribution in [3.8, 4) is 10.6 Å². The van der Waals surface area contributed by atoms with Gasteiger partial charge in [0.1, 0.15) is 0 Å². The molecule has 7 nitrogen and oxygen atoms in total. The second kappa shape index (κ2) is 10.7. The van der Waals surface area contributed by atoms with E-state index in [0.717, 1.165) is 12.8 Å². The first kappa shape index (κ1) is 24.6. The second-order valence-electron chi connectivity index (χ2n) is 6.92. The highest BCUT2D eigenvalue weighted by molar-refractivity contribution is 7.89. The topological polar surface area (TPSA) is 92.3 Å². The second-order valence-corrected chi connectivity index (χ2v) is 10.7. The van der Waals surface area contributed by atoms with Crippen LogP contribution >= 0.6 is 34.5 Å². The molecule has 1 N–H and O–H groups in total. The molecule has 0 saturated carbocycles. The van der Waals surface area contributed by atoms with Gasteiger partial charge in [0.05, 0.1) is 9.92 Å². The Morgan fingerprint density at radius 3 is 2.28 bits per heavy atom. The number of carbonyl (C=O) groups excluding carboxylic acids is 1. The van der Waals surface area contributed by atoms with Crippen LogP contribution in [0.1, 0.15) is 37.0 Å². The highest BCUT2D eigenvalue weighted by Gasteiger charge is 2.23. The van der Waals surface area contributed by atoms with Crippen LogP contribution < -0.4 is 5.32 Å². The monoisotopic (exact) mass is 512 g/mol. The Hall–Kier alpha value is -2.04. The summed E-state index contributed by atoms with van der Waals surface area (Å²) in [4.78, 5) is 12.8. The van der Waals surface area contributed by atoms with Gasteiger partial charge in [0.2, 0.25) is 15.2 Å². The van der Waals surface area contributed by atoms with E-state index >= 15 is 0 Å². The standard InChI is InChI=1S/C21H22Cl2N4O3S2/c1-3-11-27(12-4-2)32(29,30)16-8-5-14(6-9-16)19(28)24-21-26-25-20(31-21)17-10-7-15(22)13-18(17)23/h5-10,13H,3-4,11-12H2,1-2H3,(H,24,26,28). The molecule has 0 unspecified atom stereocenters. The third kappa shape index (κ3) is 5.65. The van der Waals surface area contributed by atoms with Gasteiger partial charge in [-0.3, -0.25) is 10.1 Å². The quantitative estimate of drug-likeness (QED) is 0.404. The lowest BCUT2D eigenvalue weighted by atomic mass is 10.2. The number of sulfonamides is 1. The summed E-state index contributed by atoms with van der Waals surface area (Å²) in [7, 11) is -3.60. The molecule has 0 aliphatic carbocycles. The van der Waals surface area contributed by atoms with Gasteiger partial charge in [-0.1, -0.05) is 48.4 Å². The number of rotatable bonds is 9. The van der Waals surface area contributed by atoms with E-state index < -0.39 is 15.9 Å². The maximum absolute atomic E-state index is 12.9. The number of benzene rings is 2. The SMILES string of the molecule is CCCN(CCC)S(=O)(=O)c1ccc(C(=O)Nc2nnc(-c3ccc(Cl)cc3Cl)s2)cc1. The maximum atomic E-state index is 12.9. The number of carbonyl (C=O) groups is 1. The third-order valence-electron chi connectivity index (χ3n) is 4.51. The minimum absolute atomic E-state index is 0.159. The van der Waals surface area contributed by atoms with E-state index in [0.29, 0.717) is 44.4 Å². The molecule has 32 heavy (non-hydrogen) atoms. The van der Waals surface area contributed by atoms with Crippen LogP contribution in [0, 0.1) is 0 Å². The van der Waals surface area contributed by atoms with Gasteiger partial charge in [0.15, 0.2) is 5.01 Å². The number of nitrogens with zero attached hydrogens (tertiary/aromatic N) is 3. The van der Waals surface area contributed by atoms with Crippen LogP contribution in [0.25, 0.3) is 10.6 Å². The molecule has 2 aromatic carbocycles. The summed E-state index contributed by atoms with van der Waals surface area (Å²) in [5.41, 5.74) is 0.968. The molecule has 0 spiro atoms. The van der Waals surface area contributed by atoms with Gasteiger partial charge in [0, 0.05) is 29.2 Å². The van der Waals surface area contributed by atoms with Crippen molar-refractivity contribution < 1.29 is 13.2 Å². The van der Waals surface area contributed by atoms with Crippen molar-refractivity contribution in [3.63, 3.8) is 0 Å². The number of aromatic nitrogens is 2. The fourth-order valence-corrected chi connectivity index (χ4v) is 5.95. The average Bonchev–Trinajstić information content (AvgIpc) is 3.21. The van der Waals surface area contributed by atoms with E-state index in [1.807, 2.05) is 13.8 Å². The predicted molar refractivity (Wildman–Crippen MR) is 129 cm³/mol. The Balaban J connectivity index is 1.73. The predicted octanol–water partition coefficient (Wildman–Crippen LogP) is 5.57. The minimum Gasteiger partial charge on any atom is -0.296 e. The third-order valence-corrected chi connectivity index (χ3v) is 7.84. The normalized spacial score (nSPS) is 11.7. The largest absolute Gasteiger partial charge is 0.296 e. The fraction of sp³-hybridized carbons (Fsp3) is 0.286. The van der Waals surface area contributed by atoms with E-state index in [1.165, 1.54) is 39.9 Å². The van der Waals surface area contributed by atoms with Crippen LogP contribution in [0.4, 0.5) is 5.13 Å². The summed E-state index contributed by atoms with van der Waals surface area (Å²) in [6.07, 6.45) is 1.45. The molecular formula is C21H22Cl2N4O3S2. The number of hydrogen-bond acceptors (Lipinski definition) is 6. The molecule has 3 rings (SSSR count). The summed E-state index contributed by atoms with van der Waals surface area (Å²) in [6, 6.07) is 10.9. The summed E-state index contributed by atoms with van der Waals surface area (Å²) in [6.45, 7) is 4.78. The molecule has 1 aromatic heterocycles. The summed E-state index contributed by atoms with van der Waals surface area (Å²) < 4.78 is 27.2. The van der Waals surface area contributed by atoms with Crippen molar-refractivity contribution in [2.24, 2.45) is 0 Å². The zero-order valence-electron chi connectivity index (χ0n) is 17.5. The van der Waals surface area contributed by atoms with Crippen LogP contribution in [0.5, 0.6) is 0 Å². The van der Waals surface area contributed by atoms with Gasteiger partial charge in [-0.05, 0) is 55.3 Å². The molecule has 1 heterocycles. The Morgan fingerprint density at radius 1 is 1.03 bits per heavy atom. The van der Waals surface area contributed by atoms with E-state index in [-0.39, 0.29) is 4.90 Å². The highest BCUT2D eigenvalue weighted by atomic mass is 35.5. The average molecular weight is 513 g/mol. The van der Waals surface area contributed by atoms with Crippen molar-refractivity contribution in [2.45, 2.75) is 31.6 Å². The first-order valence-corrected chi connectivity index (χ1v) is 13.0. The summed E-state index contributed by atoms with van der Waals surface area (Å²) >= 11 is 13.3. The van der Waals surface area contributed by atoms with Crippen LogP contribution in [-0.4, -0.2) is 41.9 Å². The van der Waals surface area contributed by atoms with Crippen LogP contribution in [0.15, 0.2) is 47.4 Å². The van der Waals surface area contributed by atoms with E-state index in [2.05, 4.69) is 15.5 Å². The number of halogens is 2. The van der Waals surface area contributed by atoms with Gasteiger partial charge in [0.25, 0.3) is 5.91 Å². The molecule has 0 aliphatic heterocycles. The molecule has 3 aromatic rings. The lowest BCUT2D eigenvalue weighted by Gasteiger charge is -2.21. The van der Waals surface area contributed by atoms with E-state index in [1.54, 1.807) is 18.2 Å². The first-order chi connectivity index (χ1) is 15.3. The van der Waals surface area contributed by atoms with Crippen LogP contribution in [0.2, 0.25) is 10.0 Å². The molecule has 0 atom stereocenters. The molecule has 0 bridgehead atoms.